The lowest BCUT2D eigenvalue weighted by atomic mass is 10.1. The van der Waals surface area contributed by atoms with Crippen LogP contribution in [-0.2, 0) is 9.53 Å². The van der Waals surface area contributed by atoms with Crippen LogP contribution in [0.3, 0.4) is 0 Å². The number of carbonyl (C=O) groups excluding carboxylic acids is 1. The Kier molecular flexibility index (Phi) is 4.55. The fourth-order valence-corrected chi connectivity index (χ4v) is 1.56. The molecule has 0 spiro atoms. The summed E-state index contributed by atoms with van der Waals surface area (Å²) in [6.45, 7) is 5.80. The number of aryl methyl sites for hydroxylation is 1. The molecule has 0 saturated heterocycles. The Morgan fingerprint density at radius 2 is 2.25 bits per heavy atom. The van der Waals surface area contributed by atoms with Crippen molar-refractivity contribution in [2.24, 2.45) is 0 Å². The van der Waals surface area contributed by atoms with Crippen molar-refractivity contribution in [3.05, 3.63) is 23.7 Å². The van der Waals surface area contributed by atoms with E-state index in [0.717, 1.165) is 11.5 Å². The Balaban J connectivity index is 2.62. The normalized spacial score (nSPS) is 14.5. The second-order valence-electron chi connectivity index (χ2n) is 3.82. The molecule has 0 aliphatic carbocycles. The molecule has 1 aromatic rings. The summed E-state index contributed by atoms with van der Waals surface area (Å²) >= 11 is 0. The lowest BCUT2D eigenvalue weighted by Gasteiger charge is -2.18. The van der Waals surface area contributed by atoms with E-state index in [1.165, 1.54) is 7.11 Å². The number of nitrogens with one attached hydrogen (secondary N) is 1. The monoisotopic (exact) mass is 225 g/mol. The first-order valence-electron chi connectivity index (χ1n) is 5.48. The van der Waals surface area contributed by atoms with Crippen molar-refractivity contribution in [3.63, 3.8) is 0 Å². The van der Waals surface area contributed by atoms with Gasteiger partial charge in [-0.2, -0.15) is 0 Å². The second-order valence-corrected chi connectivity index (χ2v) is 3.82. The predicted octanol–water partition coefficient (Wildman–Crippen LogP) is 2.19. The Morgan fingerprint density at radius 1 is 1.56 bits per heavy atom. The van der Waals surface area contributed by atoms with Crippen molar-refractivity contribution in [1.29, 1.82) is 0 Å². The summed E-state index contributed by atoms with van der Waals surface area (Å²) in [5.74, 6) is 1.47. The second kappa shape index (κ2) is 5.70. The molecule has 0 aliphatic heterocycles. The molecule has 0 radical (unpaired) electrons. The largest absolute Gasteiger partial charge is 0.468 e. The van der Waals surface area contributed by atoms with Crippen molar-refractivity contribution < 1.29 is 13.9 Å². The maximum Gasteiger partial charge on any atom is 0.322 e. The van der Waals surface area contributed by atoms with Crippen LogP contribution in [0, 0.1) is 6.92 Å². The molecule has 16 heavy (non-hydrogen) atoms. The zero-order chi connectivity index (χ0) is 12.1. The standard InChI is InChI=1S/C12H19NO3/c1-5-10(12(14)15-4)13-9(3)11-7-6-8(2)16-11/h6-7,9-10,13H,5H2,1-4H3. The first-order chi connectivity index (χ1) is 7.58. The number of hydrogen-bond donors (Lipinski definition) is 1. The van der Waals surface area contributed by atoms with Crippen molar-refractivity contribution in [1.82, 2.24) is 5.32 Å². The number of carbonyl (C=O) groups is 1. The molecule has 0 fully saturated rings. The van der Waals surface area contributed by atoms with Gasteiger partial charge in [-0.1, -0.05) is 6.92 Å². The zero-order valence-electron chi connectivity index (χ0n) is 10.2. The Morgan fingerprint density at radius 3 is 2.69 bits per heavy atom. The van der Waals surface area contributed by atoms with Crippen LogP contribution in [0.1, 0.15) is 37.8 Å². The topological polar surface area (TPSA) is 51.5 Å². The number of rotatable bonds is 5. The summed E-state index contributed by atoms with van der Waals surface area (Å²) in [5.41, 5.74) is 0. The molecule has 2 unspecified atom stereocenters. The van der Waals surface area contributed by atoms with Gasteiger partial charge in [0.25, 0.3) is 0 Å². The SMILES string of the molecule is CCC(NC(C)c1ccc(C)o1)C(=O)OC. The molecule has 4 nitrogen and oxygen atoms in total. The third-order valence-electron chi connectivity index (χ3n) is 2.53. The first-order valence-corrected chi connectivity index (χ1v) is 5.48. The van der Waals surface area contributed by atoms with Crippen LogP contribution in [0.2, 0.25) is 0 Å². The van der Waals surface area contributed by atoms with Crippen LogP contribution >= 0.6 is 0 Å². The van der Waals surface area contributed by atoms with Crippen LogP contribution in [0.5, 0.6) is 0 Å². The maximum absolute atomic E-state index is 11.4. The van der Waals surface area contributed by atoms with Crippen molar-refractivity contribution >= 4 is 5.97 Å². The van der Waals surface area contributed by atoms with E-state index in [0.29, 0.717) is 6.42 Å². The Hall–Kier alpha value is -1.29. The summed E-state index contributed by atoms with van der Waals surface area (Å²) in [7, 11) is 1.40. The molecule has 2 atom stereocenters. The number of ether oxygens (including phenoxy) is 1. The minimum Gasteiger partial charge on any atom is -0.468 e. The molecule has 0 saturated carbocycles. The quantitative estimate of drug-likeness (QED) is 0.780. The molecule has 90 valence electrons. The molecule has 1 N–H and O–H groups in total. The van der Waals surface area contributed by atoms with Gasteiger partial charge >= 0.3 is 5.97 Å². The summed E-state index contributed by atoms with van der Waals surface area (Å²) in [6, 6.07) is 3.53. The van der Waals surface area contributed by atoms with E-state index in [2.05, 4.69) is 5.32 Å². The minimum atomic E-state index is -0.287. The number of esters is 1. The van der Waals surface area contributed by atoms with Gasteiger partial charge in [0.2, 0.25) is 0 Å². The number of methoxy groups -OCH3 is 1. The van der Waals surface area contributed by atoms with Crippen LogP contribution in [0.15, 0.2) is 16.5 Å². The molecular formula is C12H19NO3. The lowest BCUT2D eigenvalue weighted by molar-refractivity contribution is -0.143. The van der Waals surface area contributed by atoms with E-state index in [1.807, 2.05) is 32.9 Å². The van der Waals surface area contributed by atoms with E-state index in [9.17, 15) is 4.79 Å². The Labute approximate surface area is 96.0 Å². The summed E-state index contributed by atoms with van der Waals surface area (Å²) in [6.07, 6.45) is 0.691. The summed E-state index contributed by atoms with van der Waals surface area (Å²) in [4.78, 5) is 11.4. The van der Waals surface area contributed by atoms with Gasteiger partial charge in [-0.3, -0.25) is 10.1 Å². The van der Waals surface area contributed by atoms with E-state index in [4.69, 9.17) is 9.15 Å². The highest BCUT2D eigenvalue weighted by atomic mass is 16.5. The summed E-state index contributed by atoms with van der Waals surface area (Å²) in [5, 5.41) is 3.18. The van der Waals surface area contributed by atoms with E-state index in [1.54, 1.807) is 0 Å². The highest BCUT2D eigenvalue weighted by Crippen LogP contribution is 2.16. The van der Waals surface area contributed by atoms with E-state index < -0.39 is 0 Å². The average molecular weight is 225 g/mol. The van der Waals surface area contributed by atoms with Gasteiger partial charge in [0.05, 0.1) is 13.2 Å². The number of furan rings is 1. The first kappa shape index (κ1) is 12.8. The number of hydrogen-bond acceptors (Lipinski definition) is 4. The zero-order valence-corrected chi connectivity index (χ0v) is 10.2. The molecule has 0 amide bonds. The average Bonchev–Trinajstić information content (AvgIpc) is 2.71. The lowest BCUT2D eigenvalue weighted by Crippen LogP contribution is -2.38. The molecule has 4 heteroatoms. The third kappa shape index (κ3) is 3.10. The van der Waals surface area contributed by atoms with Crippen LogP contribution in [0.25, 0.3) is 0 Å². The van der Waals surface area contributed by atoms with Crippen molar-refractivity contribution in [2.75, 3.05) is 7.11 Å². The van der Waals surface area contributed by atoms with Crippen LogP contribution in [-0.4, -0.2) is 19.1 Å². The van der Waals surface area contributed by atoms with Gasteiger partial charge < -0.3 is 9.15 Å². The van der Waals surface area contributed by atoms with Gasteiger partial charge in [-0.05, 0) is 32.4 Å². The van der Waals surface area contributed by atoms with Gasteiger partial charge in [-0.25, -0.2) is 0 Å². The highest BCUT2D eigenvalue weighted by Gasteiger charge is 2.20. The summed E-state index contributed by atoms with van der Waals surface area (Å²) < 4.78 is 10.2. The van der Waals surface area contributed by atoms with Crippen molar-refractivity contribution in [2.45, 2.75) is 39.3 Å². The van der Waals surface area contributed by atoms with Gasteiger partial charge in [0.15, 0.2) is 0 Å². The molecule has 1 aromatic heterocycles. The molecule has 0 bridgehead atoms. The molecule has 1 heterocycles. The van der Waals surface area contributed by atoms with Gasteiger partial charge in [-0.15, -0.1) is 0 Å². The smallest absolute Gasteiger partial charge is 0.322 e. The minimum absolute atomic E-state index is 0.00208. The maximum atomic E-state index is 11.4. The molecule has 1 rings (SSSR count). The van der Waals surface area contributed by atoms with Gasteiger partial charge in [0.1, 0.15) is 17.6 Å². The fourth-order valence-electron chi connectivity index (χ4n) is 1.56. The molecule has 0 aromatic carbocycles. The van der Waals surface area contributed by atoms with Gasteiger partial charge in [0, 0.05) is 0 Å². The third-order valence-corrected chi connectivity index (χ3v) is 2.53. The van der Waals surface area contributed by atoms with Crippen LogP contribution < -0.4 is 5.32 Å². The predicted molar refractivity (Wildman–Crippen MR) is 61.1 cm³/mol. The van der Waals surface area contributed by atoms with Crippen molar-refractivity contribution in [3.8, 4) is 0 Å². The molecule has 0 aliphatic rings. The van der Waals surface area contributed by atoms with E-state index in [-0.39, 0.29) is 18.1 Å². The Bertz CT molecular complexity index is 346. The van der Waals surface area contributed by atoms with Crippen LogP contribution in [0.4, 0.5) is 0 Å². The molecular weight excluding hydrogens is 206 g/mol. The fraction of sp³-hybridized carbons (Fsp3) is 0.583. The van der Waals surface area contributed by atoms with E-state index >= 15 is 0 Å². The highest BCUT2D eigenvalue weighted by molar-refractivity contribution is 5.75.